The number of rotatable bonds is 8. The van der Waals surface area contributed by atoms with Gasteiger partial charge in [-0.05, 0) is 43.9 Å². The fourth-order valence-electron chi connectivity index (χ4n) is 3.40. The van der Waals surface area contributed by atoms with Crippen LogP contribution in [0.1, 0.15) is 38.7 Å². The highest BCUT2D eigenvalue weighted by Crippen LogP contribution is 2.19. The summed E-state index contributed by atoms with van der Waals surface area (Å²) >= 11 is 0. The minimum atomic E-state index is 0.440. The van der Waals surface area contributed by atoms with Crippen LogP contribution in [0.4, 0.5) is 5.69 Å². The van der Waals surface area contributed by atoms with E-state index in [1.807, 2.05) is 18.3 Å². The summed E-state index contributed by atoms with van der Waals surface area (Å²) in [6.07, 6.45) is 5.03. The molecule has 2 aromatic rings. The van der Waals surface area contributed by atoms with E-state index in [2.05, 4.69) is 64.7 Å². The number of nitrogens with zero attached hydrogens (tertiary/aromatic N) is 3. The van der Waals surface area contributed by atoms with Gasteiger partial charge in [-0.2, -0.15) is 0 Å². The third-order valence-electron chi connectivity index (χ3n) is 4.97. The van der Waals surface area contributed by atoms with Crippen molar-refractivity contribution in [2.75, 3.05) is 31.1 Å². The van der Waals surface area contributed by atoms with Crippen molar-refractivity contribution >= 4 is 11.6 Å². The maximum absolute atomic E-state index is 5.54. The predicted octanol–water partition coefficient (Wildman–Crippen LogP) is 3.59. The largest absolute Gasteiger partial charge is 0.478 e. The summed E-state index contributed by atoms with van der Waals surface area (Å²) < 4.78 is 5.54. The van der Waals surface area contributed by atoms with E-state index in [1.165, 1.54) is 5.69 Å². The number of para-hydroxylation sites is 1. The lowest BCUT2D eigenvalue weighted by molar-refractivity contribution is 0.305. The number of anilines is 1. The van der Waals surface area contributed by atoms with Crippen molar-refractivity contribution in [2.45, 2.75) is 45.7 Å². The number of pyridine rings is 1. The first-order valence-electron chi connectivity index (χ1n) is 10.7. The summed E-state index contributed by atoms with van der Waals surface area (Å²) in [6.45, 7) is 8.44. The summed E-state index contributed by atoms with van der Waals surface area (Å²) in [5, 5.41) is 6.97. The van der Waals surface area contributed by atoms with Crippen LogP contribution in [-0.2, 0) is 6.54 Å². The van der Waals surface area contributed by atoms with E-state index < -0.39 is 0 Å². The van der Waals surface area contributed by atoms with E-state index in [0.29, 0.717) is 25.1 Å². The Balaban J connectivity index is 1.50. The van der Waals surface area contributed by atoms with Gasteiger partial charge in [0.2, 0.25) is 5.88 Å². The molecular weight excluding hydrogens is 362 g/mol. The molecule has 0 radical (unpaired) electrons. The predicted molar refractivity (Wildman–Crippen MR) is 120 cm³/mol. The SMILES string of the molecule is CCCOc1ccc(CN=C(NCC)NC2CCN(c3ccccc3)CC2)cn1. The molecule has 0 aliphatic carbocycles. The van der Waals surface area contributed by atoms with Crippen LogP contribution in [0.2, 0.25) is 0 Å². The second kappa shape index (κ2) is 11.3. The van der Waals surface area contributed by atoms with Crippen molar-refractivity contribution in [2.24, 2.45) is 4.99 Å². The summed E-state index contributed by atoms with van der Waals surface area (Å²) in [4.78, 5) is 11.6. The molecule has 1 aromatic heterocycles. The molecule has 6 nitrogen and oxygen atoms in total. The van der Waals surface area contributed by atoms with E-state index >= 15 is 0 Å². The van der Waals surface area contributed by atoms with Crippen LogP contribution in [0.25, 0.3) is 0 Å². The van der Waals surface area contributed by atoms with Gasteiger partial charge in [0, 0.05) is 43.6 Å². The Labute approximate surface area is 174 Å². The minimum absolute atomic E-state index is 0.440. The molecule has 6 heteroatoms. The van der Waals surface area contributed by atoms with Crippen molar-refractivity contribution in [3.8, 4) is 5.88 Å². The van der Waals surface area contributed by atoms with E-state index in [4.69, 9.17) is 9.73 Å². The maximum Gasteiger partial charge on any atom is 0.213 e. The molecule has 0 saturated carbocycles. The number of piperidine rings is 1. The van der Waals surface area contributed by atoms with Crippen LogP contribution < -0.4 is 20.3 Å². The molecule has 1 saturated heterocycles. The van der Waals surface area contributed by atoms with Gasteiger partial charge in [-0.1, -0.05) is 31.2 Å². The summed E-state index contributed by atoms with van der Waals surface area (Å²) in [6, 6.07) is 15.0. The van der Waals surface area contributed by atoms with Crippen LogP contribution in [0, 0.1) is 0 Å². The fourth-order valence-corrected chi connectivity index (χ4v) is 3.40. The van der Waals surface area contributed by atoms with Crippen LogP contribution in [0.5, 0.6) is 5.88 Å². The minimum Gasteiger partial charge on any atom is -0.478 e. The quantitative estimate of drug-likeness (QED) is 0.528. The highest BCUT2D eigenvalue weighted by atomic mass is 16.5. The van der Waals surface area contributed by atoms with Crippen molar-refractivity contribution in [1.29, 1.82) is 0 Å². The number of ether oxygens (including phenoxy) is 1. The first-order valence-corrected chi connectivity index (χ1v) is 10.7. The summed E-state index contributed by atoms with van der Waals surface area (Å²) in [5.74, 6) is 1.55. The van der Waals surface area contributed by atoms with Crippen LogP contribution in [0.15, 0.2) is 53.7 Å². The van der Waals surface area contributed by atoms with Crippen LogP contribution >= 0.6 is 0 Å². The molecule has 0 spiro atoms. The molecule has 0 amide bonds. The van der Waals surface area contributed by atoms with E-state index in [0.717, 1.165) is 50.4 Å². The lowest BCUT2D eigenvalue weighted by atomic mass is 10.0. The van der Waals surface area contributed by atoms with Gasteiger partial charge >= 0.3 is 0 Å². The number of aromatic nitrogens is 1. The number of benzene rings is 1. The zero-order chi connectivity index (χ0) is 20.3. The molecule has 2 heterocycles. The second-order valence-corrected chi connectivity index (χ2v) is 7.29. The van der Waals surface area contributed by atoms with Gasteiger partial charge < -0.3 is 20.3 Å². The van der Waals surface area contributed by atoms with Gasteiger partial charge in [0.25, 0.3) is 0 Å². The van der Waals surface area contributed by atoms with Gasteiger partial charge in [-0.3, -0.25) is 0 Å². The fraction of sp³-hybridized carbons (Fsp3) is 0.478. The Hall–Kier alpha value is -2.76. The number of hydrogen-bond acceptors (Lipinski definition) is 4. The number of aliphatic imine (C=N–C) groups is 1. The molecule has 1 aliphatic rings. The van der Waals surface area contributed by atoms with Gasteiger partial charge in [0.1, 0.15) is 0 Å². The summed E-state index contributed by atoms with van der Waals surface area (Å²) in [5.41, 5.74) is 2.38. The first-order chi connectivity index (χ1) is 14.3. The van der Waals surface area contributed by atoms with E-state index in [1.54, 1.807) is 0 Å². The first kappa shape index (κ1) is 21.0. The zero-order valence-corrected chi connectivity index (χ0v) is 17.6. The van der Waals surface area contributed by atoms with Gasteiger partial charge in [-0.15, -0.1) is 0 Å². The molecule has 156 valence electrons. The molecule has 1 aliphatic heterocycles. The van der Waals surface area contributed by atoms with Crippen molar-refractivity contribution in [3.05, 3.63) is 54.2 Å². The number of guanidine groups is 1. The average molecular weight is 396 g/mol. The van der Waals surface area contributed by atoms with Gasteiger partial charge in [0.15, 0.2) is 5.96 Å². The molecule has 1 aromatic carbocycles. The topological polar surface area (TPSA) is 61.8 Å². The van der Waals surface area contributed by atoms with Crippen LogP contribution in [0.3, 0.4) is 0 Å². The molecule has 0 unspecified atom stereocenters. The normalized spacial score (nSPS) is 15.2. The average Bonchev–Trinajstić information content (AvgIpc) is 2.78. The standard InChI is InChI=1S/C23H33N5O/c1-3-16-29-22-11-10-19(17-25-22)18-26-23(24-4-2)27-20-12-14-28(15-13-20)21-8-6-5-7-9-21/h5-11,17,20H,3-4,12-16,18H2,1-2H3,(H2,24,26,27). The molecule has 0 bridgehead atoms. The Bertz CT molecular complexity index is 740. The molecule has 29 heavy (non-hydrogen) atoms. The molecule has 3 rings (SSSR count). The van der Waals surface area contributed by atoms with Gasteiger partial charge in [0.05, 0.1) is 13.2 Å². The molecule has 2 N–H and O–H groups in total. The Morgan fingerprint density at radius 3 is 2.59 bits per heavy atom. The van der Waals surface area contributed by atoms with Crippen LogP contribution in [-0.4, -0.2) is 43.2 Å². The number of nitrogens with one attached hydrogen (secondary N) is 2. The Morgan fingerprint density at radius 1 is 1.14 bits per heavy atom. The van der Waals surface area contributed by atoms with E-state index in [-0.39, 0.29) is 0 Å². The lowest BCUT2D eigenvalue weighted by Gasteiger charge is -2.34. The van der Waals surface area contributed by atoms with E-state index in [9.17, 15) is 0 Å². The zero-order valence-electron chi connectivity index (χ0n) is 17.6. The molecule has 1 fully saturated rings. The third-order valence-corrected chi connectivity index (χ3v) is 4.97. The van der Waals surface area contributed by atoms with Crippen molar-refractivity contribution in [3.63, 3.8) is 0 Å². The highest BCUT2D eigenvalue weighted by Gasteiger charge is 2.20. The second-order valence-electron chi connectivity index (χ2n) is 7.29. The van der Waals surface area contributed by atoms with Crippen molar-refractivity contribution < 1.29 is 4.74 Å². The lowest BCUT2D eigenvalue weighted by Crippen LogP contribution is -2.48. The van der Waals surface area contributed by atoms with Gasteiger partial charge in [-0.25, -0.2) is 9.98 Å². The monoisotopic (exact) mass is 395 g/mol. The summed E-state index contributed by atoms with van der Waals surface area (Å²) in [7, 11) is 0. The highest BCUT2D eigenvalue weighted by molar-refractivity contribution is 5.80. The van der Waals surface area contributed by atoms with Crippen molar-refractivity contribution in [1.82, 2.24) is 15.6 Å². The molecule has 0 atom stereocenters. The Morgan fingerprint density at radius 2 is 1.93 bits per heavy atom. The molecular formula is C23H33N5O. The Kier molecular flexibility index (Phi) is 8.16. The number of hydrogen-bond donors (Lipinski definition) is 2. The maximum atomic E-state index is 5.54. The smallest absolute Gasteiger partial charge is 0.213 e. The third kappa shape index (κ3) is 6.66.